The van der Waals surface area contributed by atoms with Gasteiger partial charge in [0.05, 0.1) is 33.7 Å². The molecule has 0 fully saturated rings. The van der Waals surface area contributed by atoms with Crippen molar-refractivity contribution in [1.82, 2.24) is 5.32 Å². The number of ether oxygens (including phenoxy) is 3. The van der Waals surface area contributed by atoms with Gasteiger partial charge in [-0.3, -0.25) is 14.4 Å². The van der Waals surface area contributed by atoms with Crippen molar-refractivity contribution in [1.29, 1.82) is 0 Å². The topological polar surface area (TPSA) is 108 Å². The molecule has 0 rings (SSSR count). The average molecular weight is 329 g/mol. The maximum absolute atomic E-state index is 11.7. The second kappa shape index (κ2) is 12.2. The molecule has 130 valence electrons. The maximum atomic E-state index is 11.7. The van der Waals surface area contributed by atoms with Gasteiger partial charge in [0.1, 0.15) is 6.04 Å². The molecular weight excluding hydrogens is 306 g/mol. The lowest BCUT2D eigenvalue weighted by Gasteiger charge is -2.14. The molecule has 0 aromatic heterocycles. The second-order valence-electron chi connectivity index (χ2n) is 4.44. The molecule has 0 spiro atoms. The highest BCUT2D eigenvalue weighted by atomic mass is 16.5. The van der Waals surface area contributed by atoms with Crippen LogP contribution in [0.4, 0.5) is 0 Å². The number of rotatable bonds is 10. The molecule has 0 aliphatic carbocycles. The van der Waals surface area contributed by atoms with E-state index in [0.29, 0.717) is 0 Å². The van der Waals surface area contributed by atoms with Crippen LogP contribution in [-0.2, 0) is 33.4 Å². The van der Waals surface area contributed by atoms with Crippen molar-refractivity contribution in [3.8, 4) is 0 Å². The number of carbonyl (C=O) groups excluding carboxylic acids is 4. The maximum Gasteiger partial charge on any atom is 0.328 e. The van der Waals surface area contributed by atoms with Gasteiger partial charge in [-0.05, 0) is 13.3 Å². The molecule has 23 heavy (non-hydrogen) atoms. The van der Waals surface area contributed by atoms with Crippen LogP contribution in [0.5, 0.6) is 0 Å². The van der Waals surface area contributed by atoms with E-state index in [2.05, 4.69) is 14.8 Å². The molecule has 0 aromatic rings. The predicted octanol–water partition coefficient (Wildman–Crippen LogP) is 0.497. The van der Waals surface area contributed by atoms with Crippen LogP contribution < -0.4 is 5.32 Å². The lowest BCUT2D eigenvalue weighted by Crippen LogP contribution is -2.41. The highest BCUT2D eigenvalue weighted by molar-refractivity contribution is 5.86. The molecule has 1 atom stereocenters. The molecule has 1 amide bonds. The Hall–Kier alpha value is -2.38. The number of carbonyl (C=O) groups is 4. The Balaban J connectivity index is 4.38. The molecule has 0 bridgehead atoms. The van der Waals surface area contributed by atoms with Crippen molar-refractivity contribution in [2.24, 2.45) is 0 Å². The quantitative estimate of drug-likeness (QED) is 0.353. The summed E-state index contributed by atoms with van der Waals surface area (Å²) in [7, 11) is 2.48. The number of nitrogens with one attached hydrogen (secondary N) is 1. The zero-order chi connectivity index (χ0) is 17.7. The van der Waals surface area contributed by atoms with Gasteiger partial charge in [-0.2, -0.15) is 0 Å². The fraction of sp³-hybridized carbons (Fsp3) is 0.600. The third kappa shape index (κ3) is 10.0. The van der Waals surface area contributed by atoms with Crippen LogP contribution in [0.1, 0.15) is 32.6 Å². The van der Waals surface area contributed by atoms with E-state index in [-0.39, 0.29) is 32.3 Å². The van der Waals surface area contributed by atoms with Crippen LogP contribution in [0.25, 0.3) is 0 Å². The Kier molecular flexibility index (Phi) is 10.9. The van der Waals surface area contributed by atoms with Gasteiger partial charge >= 0.3 is 17.9 Å². The Morgan fingerprint density at radius 3 is 2.26 bits per heavy atom. The summed E-state index contributed by atoms with van der Waals surface area (Å²) in [5, 5.41) is 2.48. The van der Waals surface area contributed by atoms with Gasteiger partial charge in [0.15, 0.2) is 0 Å². The summed E-state index contributed by atoms with van der Waals surface area (Å²) in [6.07, 6.45) is 3.19. The predicted molar refractivity (Wildman–Crippen MR) is 80.2 cm³/mol. The van der Waals surface area contributed by atoms with E-state index in [0.717, 1.165) is 0 Å². The first-order valence-electron chi connectivity index (χ1n) is 7.19. The van der Waals surface area contributed by atoms with Crippen molar-refractivity contribution >= 4 is 23.8 Å². The van der Waals surface area contributed by atoms with E-state index in [1.807, 2.05) is 0 Å². The summed E-state index contributed by atoms with van der Waals surface area (Å²) in [6, 6.07) is -0.886. The number of hydrogen-bond acceptors (Lipinski definition) is 7. The lowest BCUT2D eigenvalue weighted by molar-refractivity contribution is -0.146. The molecule has 8 nitrogen and oxygen atoms in total. The Morgan fingerprint density at radius 2 is 1.70 bits per heavy atom. The minimum absolute atomic E-state index is 0.0637. The standard InChI is InChI=1S/C15H23NO7/c1-4-23-14(19)10-9-12(17)16-11(15(20)22-3)7-5-6-8-13(18)21-2/h5-6,11H,4,7-10H2,1-3H3,(H,16,17). The van der Waals surface area contributed by atoms with Crippen LogP contribution in [0, 0.1) is 0 Å². The first-order valence-corrected chi connectivity index (χ1v) is 7.19. The van der Waals surface area contributed by atoms with Gasteiger partial charge in [-0.1, -0.05) is 12.2 Å². The van der Waals surface area contributed by atoms with Crippen molar-refractivity contribution in [3.05, 3.63) is 12.2 Å². The first kappa shape index (κ1) is 20.6. The average Bonchev–Trinajstić information content (AvgIpc) is 2.54. The molecule has 8 heteroatoms. The Labute approximate surface area is 135 Å². The van der Waals surface area contributed by atoms with Crippen molar-refractivity contribution in [3.63, 3.8) is 0 Å². The molecule has 1 unspecified atom stereocenters. The Bertz CT molecular complexity index is 445. The van der Waals surface area contributed by atoms with Crippen LogP contribution in [0.3, 0.4) is 0 Å². The van der Waals surface area contributed by atoms with E-state index < -0.39 is 29.9 Å². The van der Waals surface area contributed by atoms with Gasteiger partial charge in [0.25, 0.3) is 0 Å². The SMILES string of the molecule is CCOC(=O)CCC(=O)NC(CC=CCC(=O)OC)C(=O)OC. The van der Waals surface area contributed by atoms with E-state index in [1.54, 1.807) is 13.0 Å². The van der Waals surface area contributed by atoms with Gasteiger partial charge in [-0.25, -0.2) is 4.79 Å². The van der Waals surface area contributed by atoms with Crippen molar-refractivity contribution in [2.45, 2.75) is 38.6 Å². The van der Waals surface area contributed by atoms with E-state index in [4.69, 9.17) is 4.74 Å². The summed E-state index contributed by atoms with van der Waals surface area (Å²) in [5.74, 6) is -1.96. The van der Waals surface area contributed by atoms with Crippen molar-refractivity contribution < 1.29 is 33.4 Å². The number of methoxy groups -OCH3 is 2. The molecule has 0 aromatic carbocycles. The molecule has 0 aliphatic rings. The number of amides is 1. The highest BCUT2D eigenvalue weighted by Crippen LogP contribution is 2.01. The summed E-state index contributed by atoms with van der Waals surface area (Å²) < 4.78 is 13.8. The smallest absolute Gasteiger partial charge is 0.328 e. The molecule has 0 heterocycles. The van der Waals surface area contributed by atoms with Crippen LogP contribution >= 0.6 is 0 Å². The van der Waals surface area contributed by atoms with E-state index in [9.17, 15) is 19.2 Å². The summed E-state index contributed by atoms with van der Waals surface area (Å²) >= 11 is 0. The van der Waals surface area contributed by atoms with Gasteiger partial charge < -0.3 is 19.5 Å². The monoisotopic (exact) mass is 329 g/mol. The second-order valence-corrected chi connectivity index (χ2v) is 4.44. The fourth-order valence-electron chi connectivity index (χ4n) is 1.57. The molecule has 0 saturated heterocycles. The Morgan fingerprint density at radius 1 is 1.00 bits per heavy atom. The van der Waals surface area contributed by atoms with Crippen molar-refractivity contribution in [2.75, 3.05) is 20.8 Å². The first-order chi connectivity index (χ1) is 10.9. The molecule has 0 aliphatic heterocycles. The largest absolute Gasteiger partial charge is 0.469 e. The summed E-state index contributed by atoms with van der Waals surface area (Å²) in [5.41, 5.74) is 0. The minimum Gasteiger partial charge on any atom is -0.469 e. The van der Waals surface area contributed by atoms with Crippen LogP contribution in [0.15, 0.2) is 12.2 Å². The summed E-state index contributed by atoms with van der Waals surface area (Å²) in [4.78, 5) is 45.5. The van der Waals surface area contributed by atoms with E-state index in [1.165, 1.54) is 20.3 Å². The molecular formula is C15H23NO7. The van der Waals surface area contributed by atoms with Crippen LogP contribution in [0.2, 0.25) is 0 Å². The molecule has 1 N–H and O–H groups in total. The normalized spacial score (nSPS) is 11.6. The lowest BCUT2D eigenvalue weighted by atomic mass is 10.1. The van der Waals surface area contributed by atoms with Gasteiger partial charge in [0.2, 0.25) is 5.91 Å². The zero-order valence-corrected chi connectivity index (χ0v) is 13.6. The van der Waals surface area contributed by atoms with Gasteiger partial charge in [0, 0.05) is 6.42 Å². The highest BCUT2D eigenvalue weighted by Gasteiger charge is 2.20. The molecule has 0 saturated carbocycles. The summed E-state index contributed by atoms with van der Waals surface area (Å²) in [6.45, 7) is 1.92. The third-order valence-electron chi connectivity index (χ3n) is 2.73. The minimum atomic E-state index is -0.886. The number of esters is 3. The zero-order valence-electron chi connectivity index (χ0n) is 13.6. The fourth-order valence-corrected chi connectivity index (χ4v) is 1.57. The molecule has 0 radical (unpaired) electrons. The van der Waals surface area contributed by atoms with Crippen LogP contribution in [-0.4, -0.2) is 50.7 Å². The van der Waals surface area contributed by atoms with E-state index >= 15 is 0 Å². The third-order valence-corrected chi connectivity index (χ3v) is 2.73. The van der Waals surface area contributed by atoms with Gasteiger partial charge in [-0.15, -0.1) is 0 Å². The number of hydrogen-bond donors (Lipinski definition) is 1.